The molecule has 0 spiro atoms. The number of likely N-dealkylation sites (tertiary alicyclic amines) is 2. The van der Waals surface area contributed by atoms with Crippen LogP contribution in [0.2, 0.25) is 0 Å². The van der Waals surface area contributed by atoms with Gasteiger partial charge in [0.15, 0.2) is 11.6 Å². The Morgan fingerprint density at radius 3 is 2.47 bits per heavy atom. The summed E-state index contributed by atoms with van der Waals surface area (Å²) >= 11 is 0. The molecule has 2 fully saturated rings. The number of fused-ring (bicyclic) bond motifs is 4. The number of imidazole rings is 1. The Morgan fingerprint density at radius 1 is 1.00 bits per heavy atom. The molecule has 0 radical (unpaired) electrons. The van der Waals surface area contributed by atoms with Crippen molar-refractivity contribution in [2.45, 2.75) is 52.1 Å². The van der Waals surface area contributed by atoms with E-state index in [1.165, 1.54) is 0 Å². The fraction of sp³-hybridized carbons (Fsp3) is 0.400. The van der Waals surface area contributed by atoms with Crippen molar-refractivity contribution < 1.29 is 14.4 Å². The van der Waals surface area contributed by atoms with Gasteiger partial charge in [0.05, 0.1) is 28.8 Å². The standard InChI is InChI=1S/C30H33N5O3/c1-17(2)11-20(13-26(36)25-12-19-8-6-7-18(3)27(19)31-25)29(37)34-15-22-14-21(34)16-35(22)30(38)28-32-23-9-4-5-10-24(23)33-28/h4-10,12,17,20-22,31H,11,13-16H2,1-3H3,(H,32,33)/t20-,21+,22+/m1/s1. The number of carbonyl (C=O) groups excluding carboxylic acids is 3. The quantitative estimate of drug-likeness (QED) is 0.351. The van der Waals surface area contributed by atoms with Crippen molar-refractivity contribution >= 4 is 39.5 Å². The summed E-state index contributed by atoms with van der Waals surface area (Å²) in [4.78, 5) is 55.0. The monoisotopic (exact) mass is 511 g/mol. The number of nitrogens with zero attached hydrogens (tertiary/aromatic N) is 3. The predicted octanol–water partition coefficient (Wildman–Crippen LogP) is 4.71. The number of ketones is 1. The zero-order chi connectivity index (χ0) is 26.6. The molecular weight excluding hydrogens is 478 g/mol. The van der Waals surface area contributed by atoms with E-state index in [2.05, 4.69) is 28.8 Å². The van der Waals surface area contributed by atoms with Crippen LogP contribution in [0.3, 0.4) is 0 Å². The fourth-order valence-corrected chi connectivity index (χ4v) is 6.24. The number of nitrogens with one attached hydrogen (secondary N) is 2. The van der Waals surface area contributed by atoms with E-state index < -0.39 is 0 Å². The number of hydrogen-bond donors (Lipinski definition) is 2. The second-order valence-electron chi connectivity index (χ2n) is 11.3. The minimum absolute atomic E-state index is 0.0266. The smallest absolute Gasteiger partial charge is 0.290 e. The van der Waals surface area contributed by atoms with E-state index in [9.17, 15) is 14.4 Å². The lowest BCUT2D eigenvalue weighted by Crippen LogP contribution is -2.52. The molecule has 2 bridgehead atoms. The van der Waals surface area contributed by atoms with E-state index in [0.29, 0.717) is 31.0 Å². The van der Waals surface area contributed by atoms with Crippen LogP contribution in [0.1, 0.15) is 59.8 Å². The van der Waals surface area contributed by atoms with Crippen LogP contribution in [0.4, 0.5) is 0 Å². The molecule has 0 saturated carbocycles. The number of rotatable bonds is 7. The molecule has 2 N–H and O–H groups in total. The Kier molecular flexibility index (Phi) is 6.05. The molecule has 6 rings (SSSR count). The molecule has 2 aromatic carbocycles. The number of aryl methyl sites for hydroxylation is 1. The molecule has 0 unspecified atom stereocenters. The van der Waals surface area contributed by atoms with E-state index in [1.807, 2.05) is 65.3 Å². The van der Waals surface area contributed by atoms with Gasteiger partial charge in [0.1, 0.15) is 0 Å². The van der Waals surface area contributed by atoms with E-state index in [-0.39, 0.29) is 47.9 Å². The molecule has 2 aromatic heterocycles. The highest BCUT2D eigenvalue weighted by molar-refractivity contribution is 6.02. The van der Waals surface area contributed by atoms with Crippen LogP contribution >= 0.6 is 0 Å². The van der Waals surface area contributed by atoms with Gasteiger partial charge in [0.2, 0.25) is 5.91 Å². The SMILES string of the molecule is Cc1cccc2cc(C(=O)C[C@@H](CC(C)C)C(=O)N3C[C@@H]4C[C@H]3CN4C(=O)c3nc4ccccc4[nH]3)[nH]c12. The lowest BCUT2D eigenvalue weighted by molar-refractivity contribution is -0.138. The van der Waals surface area contributed by atoms with Gasteiger partial charge in [0.25, 0.3) is 5.91 Å². The number of carbonyl (C=O) groups is 3. The summed E-state index contributed by atoms with van der Waals surface area (Å²) in [6.45, 7) is 7.18. The average Bonchev–Trinajstić information content (AvgIpc) is 3.69. The third-order valence-corrected chi connectivity index (χ3v) is 8.08. The third-order valence-electron chi connectivity index (χ3n) is 8.08. The molecular formula is C30H33N5O3. The van der Waals surface area contributed by atoms with Crippen LogP contribution < -0.4 is 0 Å². The first-order chi connectivity index (χ1) is 18.3. The molecule has 4 heterocycles. The average molecular weight is 512 g/mol. The molecule has 2 saturated heterocycles. The number of piperazine rings is 1. The molecule has 0 aliphatic carbocycles. The van der Waals surface area contributed by atoms with Crippen molar-refractivity contribution in [1.29, 1.82) is 0 Å². The highest BCUT2D eigenvalue weighted by atomic mass is 16.2. The molecule has 4 aromatic rings. The predicted molar refractivity (Wildman–Crippen MR) is 146 cm³/mol. The summed E-state index contributed by atoms with van der Waals surface area (Å²) < 4.78 is 0. The van der Waals surface area contributed by atoms with Crippen molar-refractivity contribution in [3.8, 4) is 0 Å². The molecule has 2 aliphatic rings. The van der Waals surface area contributed by atoms with Gasteiger partial charge in [-0.25, -0.2) is 4.98 Å². The summed E-state index contributed by atoms with van der Waals surface area (Å²) in [5.41, 5.74) is 4.22. The van der Waals surface area contributed by atoms with Crippen LogP contribution in [0.15, 0.2) is 48.5 Å². The first-order valence-electron chi connectivity index (χ1n) is 13.5. The lowest BCUT2D eigenvalue weighted by atomic mass is 9.90. The molecule has 2 aliphatic heterocycles. The highest BCUT2D eigenvalue weighted by Gasteiger charge is 2.48. The number of H-pyrrole nitrogens is 2. The highest BCUT2D eigenvalue weighted by Crippen LogP contribution is 2.34. The first-order valence-corrected chi connectivity index (χ1v) is 13.5. The topological polar surface area (TPSA) is 102 Å². The van der Waals surface area contributed by atoms with E-state index in [4.69, 9.17) is 0 Å². The first kappa shape index (κ1) is 24.4. The maximum atomic E-state index is 13.8. The summed E-state index contributed by atoms with van der Waals surface area (Å²) in [5, 5.41) is 1.01. The Bertz CT molecular complexity index is 1520. The van der Waals surface area contributed by atoms with Gasteiger partial charge in [-0.3, -0.25) is 14.4 Å². The molecule has 8 nitrogen and oxygen atoms in total. The van der Waals surface area contributed by atoms with Gasteiger partial charge < -0.3 is 19.8 Å². The second kappa shape index (κ2) is 9.42. The van der Waals surface area contributed by atoms with Gasteiger partial charge in [-0.1, -0.05) is 44.2 Å². The Hall–Kier alpha value is -3.94. The maximum Gasteiger partial charge on any atom is 0.290 e. The summed E-state index contributed by atoms with van der Waals surface area (Å²) in [6.07, 6.45) is 1.60. The molecule has 196 valence electrons. The molecule has 38 heavy (non-hydrogen) atoms. The maximum absolute atomic E-state index is 13.8. The van der Waals surface area contributed by atoms with Crippen LogP contribution in [-0.2, 0) is 4.79 Å². The van der Waals surface area contributed by atoms with Crippen molar-refractivity contribution in [3.63, 3.8) is 0 Å². The van der Waals surface area contributed by atoms with E-state index >= 15 is 0 Å². The van der Waals surface area contributed by atoms with E-state index in [1.54, 1.807) is 0 Å². The minimum atomic E-state index is -0.381. The number of para-hydroxylation sites is 3. The lowest BCUT2D eigenvalue weighted by Gasteiger charge is -2.36. The Labute approximate surface area is 221 Å². The van der Waals surface area contributed by atoms with Crippen LogP contribution in [0.25, 0.3) is 21.9 Å². The molecule has 3 atom stereocenters. The van der Waals surface area contributed by atoms with E-state index in [0.717, 1.165) is 33.9 Å². The fourth-order valence-electron chi connectivity index (χ4n) is 6.24. The van der Waals surface area contributed by atoms with Gasteiger partial charge in [0, 0.05) is 36.3 Å². The van der Waals surface area contributed by atoms with Crippen molar-refractivity contribution in [2.75, 3.05) is 13.1 Å². The largest absolute Gasteiger partial charge is 0.352 e. The second-order valence-corrected chi connectivity index (χ2v) is 11.3. The summed E-state index contributed by atoms with van der Waals surface area (Å²) in [5.74, 6) is 0.118. The van der Waals surface area contributed by atoms with Gasteiger partial charge in [-0.2, -0.15) is 0 Å². The zero-order valence-electron chi connectivity index (χ0n) is 22.0. The number of amides is 2. The van der Waals surface area contributed by atoms with Gasteiger partial charge in [-0.05, 0) is 49.4 Å². The number of hydrogen-bond acceptors (Lipinski definition) is 4. The summed E-state index contributed by atoms with van der Waals surface area (Å²) in [7, 11) is 0. The number of aromatic amines is 2. The molecule has 8 heteroatoms. The van der Waals surface area contributed by atoms with Crippen molar-refractivity contribution in [2.24, 2.45) is 11.8 Å². The van der Waals surface area contributed by atoms with Crippen molar-refractivity contribution in [1.82, 2.24) is 24.8 Å². The third kappa shape index (κ3) is 4.27. The summed E-state index contributed by atoms with van der Waals surface area (Å²) in [6, 6.07) is 15.4. The normalized spacial score (nSPS) is 19.7. The van der Waals surface area contributed by atoms with Crippen LogP contribution in [0.5, 0.6) is 0 Å². The van der Waals surface area contributed by atoms with Gasteiger partial charge >= 0.3 is 0 Å². The Balaban J connectivity index is 1.15. The Morgan fingerprint density at radius 2 is 1.76 bits per heavy atom. The number of Topliss-reactive ketones (excluding diaryl/α,β-unsaturated/α-hetero) is 1. The number of aromatic nitrogens is 3. The zero-order valence-corrected chi connectivity index (χ0v) is 22.0. The van der Waals surface area contributed by atoms with Crippen molar-refractivity contribution in [3.05, 3.63) is 65.6 Å². The minimum Gasteiger partial charge on any atom is -0.352 e. The van der Waals surface area contributed by atoms with Crippen LogP contribution in [-0.4, -0.2) is 67.5 Å². The molecule has 2 amide bonds. The van der Waals surface area contributed by atoms with Gasteiger partial charge in [-0.15, -0.1) is 0 Å². The van der Waals surface area contributed by atoms with Crippen LogP contribution in [0, 0.1) is 18.8 Å². The number of benzene rings is 2.